The molecule has 0 bridgehead atoms. The second-order valence-corrected chi connectivity index (χ2v) is 15.9. The fourth-order valence-corrected chi connectivity index (χ4v) is 6.60. The van der Waals surface area contributed by atoms with Gasteiger partial charge in [0.25, 0.3) is 0 Å². The molecule has 230 valence electrons. The van der Waals surface area contributed by atoms with Crippen molar-refractivity contribution < 1.29 is 16.3 Å². The standard InChI is InChI=1S/C40H51N2.BrH.Zn/c1-24(2)27-17-32(25(3)4)37(33(18-27)26(5)6)36-23-41-38-31-16-14-13-15-30(31)34-19-28(21-39(7,8)9)29(22-40(10,11)12)20-35(34)42(36)38;;/h13-15,17-20,23-26H,21-22H2,1-12H3;1H;/q-1;;+2/p-1. The molecule has 44 heavy (non-hydrogen) atoms. The Kier molecular flexibility index (Phi) is 10.6. The normalized spacial score (nSPS) is 12.7. The Bertz CT molecular complexity index is 1750. The molecule has 0 aliphatic rings. The summed E-state index contributed by atoms with van der Waals surface area (Å²) in [6.07, 6.45) is 4.22. The number of imidazole rings is 1. The monoisotopic (exact) mass is 702 g/mol. The van der Waals surface area contributed by atoms with Gasteiger partial charge in [-0.25, -0.2) is 0 Å². The molecule has 2 heterocycles. The topological polar surface area (TPSA) is 17.3 Å². The van der Waals surface area contributed by atoms with Crippen LogP contribution in [0.1, 0.15) is 129 Å². The molecule has 2 nitrogen and oxygen atoms in total. The van der Waals surface area contributed by atoms with Crippen molar-refractivity contribution in [3.63, 3.8) is 0 Å². The van der Waals surface area contributed by atoms with E-state index < -0.39 is 0 Å². The molecule has 0 atom stereocenters. The van der Waals surface area contributed by atoms with Gasteiger partial charge in [0.15, 0.2) is 0 Å². The number of benzene rings is 3. The Hall–Kier alpha value is -2.03. The van der Waals surface area contributed by atoms with Gasteiger partial charge in [-0.05, 0) is 80.7 Å². The van der Waals surface area contributed by atoms with E-state index in [9.17, 15) is 0 Å². The summed E-state index contributed by atoms with van der Waals surface area (Å²) in [7, 11) is 0. The third kappa shape index (κ3) is 7.18. The van der Waals surface area contributed by atoms with Gasteiger partial charge in [0.1, 0.15) is 0 Å². The molecule has 4 heteroatoms. The summed E-state index contributed by atoms with van der Waals surface area (Å²) >= 11 is 4.25. The minimum absolute atomic E-state index is 0.185. The first kappa shape index (κ1) is 34.8. The van der Waals surface area contributed by atoms with Crippen LogP contribution in [0, 0.1) is 16.9 Å². The van der Waals surface area contributed by atoms with E-state index in [1.165, 1.54) is 71.7 Å². The van der Waals surface area contributed by atoms with Crippen LogP contribution in [0.5, 0.6) is 0 Å². The van der Waals surface area contributed by atoms with Gasteiger partial charge in [-0.3, -0.25) is 4.98 Å². The van der Waals surface area contributed by atoms with Crippen molar-refractivity contribution in [2.45, 2.75) is 114 Å². The van der Waals surface area contributed by atoms with Crippen LogP contribution < -0.4 is 0 Å². The quantitative estimate of drug-likeness (QED) is 0.0977. The van der Waals surface area contributed by atoms with Crippen molar-refractivity contribution in [3.8, 4) is 11.3 Å². The van der Waals surface area contributed by atoms with Crippen LogP contribution in [0.15, 0.2) is 48.7 Å². The van der Waals surface area contributed by atoms with Crippen molar-refractivity contribution >= 4 is 40.9 Å². The molecule has 0 spiro atoms. The van der Waals surface area contributed by atoms with Crippen LogP contribution in [0.4, 0.5) is 0 Å². The predicted molar refractivity (Wildman–Crippen MR) is 192 cm³/mol. The Morgan fingerprint density at radius 3 is 1.82 bits per heavy atom. The van der Waals surface area contributed by atoms with Crippen LogP contribution in [-0.2, 0) is 29.2 Å². The van der Waals surface area contributed by atoms with E-state index in [1.807, 2.05) is 6.07 Å². The number of nitrogens with zero attached hydrogens (tertiary/aromatic N) is 2. The van der Waals surface area contributed by atoms with Crippen molar-refractivity contribution in [3.05, 3.63) is 82.5 Å². The van der Waals surface area contributed by atoms with Gasteiger partial charge in [-0.15, -0.1) is 29.7 Å². The number of hydrogen-bond donors (Lipinski definition) is 0. The van der Waals surface area contributed by atoms with E-state index in [-0.39, 0.29) is 10.8 Å². The van der Waals surface area contributed by atoms with E-state index >= 15 is 0 Å². The second kappa shape index (κ2) is 13.4. The van der Waals surface area contributed by atoms with Crippen molar-refractivity contribution in [2.75, 3.05) is 0 Å². The van der Waals surface area contributed by atoms with Gasteiger partial charge in [0.2, 0.25) is 0 Å². The number of fused-ring (bicyclic) bond motifs is 6. The van der Waals surface area contributed by atoms with Crippen molar-refractivity contribution in [1.82, 2.24) is 9.38 Å². The van der Waals surface area contributed by atoms with Crippen LogP contribution in [-0.4, -0.2) is 9.38 Å². The molecule has 0 amide bonds. The molecule has 0 N–H and O–H groups in total. The van der Waals surface area contributed by atoms with Crippen LogP contribution >= 0.6 is 13.6 Å². The van der Waals surface area contributed by atoms with Crippen molar-refractivity contribution in [1.29, 1.82) is 0 Å². The van der Waals surface area contributed by atoms with Gasteiger partial charge >= 0.3 is 30.0 Å². The van der Waals surface area contributed by atoms with E-state index in [1.54, 1.807) is 0 Å². The van der Waals surface area contributed by atoms with Crippen LogP contribution in [0.25, 0.3) is 38.6 Å². The minimum atomic E-state index is 0.185. The molecule has 3 aromatic carbocycles. The summed E-state index contributed by atoms with van der Waals surface area (Å²) in [4.78, 5) is 5.15. The van der Waals surface area contributed by atoms with Crippen LogP contribution in [0.2, 0.25) is 0 Å². The van der Waals surface area contributed by atoms with Gasteiger partial charge in [-0.2, -0.15) is 0 Å². The summed E-state index contributed by atoms with van der Waals surface area (Å²) in [5.41, 5.74) is 12.3. The van der Waals surface area contributed by atoms with Gasteiger partial charge in [0, 0.05) is 17.3 Å². The number of hydrogen-bond acceptors (Lipinski definition) is 1. The van der Waals surface area contributed by atoms with E-state index in [0.29, 0.717) is 17.8 Å². The fourth-order valence-electron chi connectivity index (χ4n) is 6.60. The molecule has 2 aromatic heterocycles. The Balaban J connectivity index is 0.00000216. The Morgan fingerprint density at radius 2 is 1.32 bits per heavy atom. The van der Waals surface area contributed by atoms with E-state index in [2.05, 4.69) is 150 Å². The van der Waals surface area contributed by atoms with E-state index in [4.69, 9.17) is 4.98 Å². The first-order valence-corrected chi connectivity index (χ1v) is 23.2. The molecular formula is C40H51BrN2Zn. The van der Waals surface area contributed by atoms with Gasteiger partial charge in [0.05, 0.1) is 11.3 Å². The average molecular weight is 705 g/mol. The second-order valence-electron chi connectivity index (χ2n) is 15.9. The molecular weight excluding hydrogens is 654 g/mol. The summed E-state index contributed by atoms with van der Waals surface area (Å²) in [6.45, 7) is 28.0. The third-order valence-electron chi connectivity index (χ3n) is 8.52. The molecule has 5 rings (SSSR count). The zero-order valence-corrected chi connectivity index (χ0v) is 33.8. The third-order valence-corrected chi connectivity index (χ3v) is 8.52. The molecule has 5 aromatic rings. The number of rotatable bonds is 6. The molecule has 0 saturated heterocycles. The first-order valence-electron chi connectivity index (χ1n) is 16.3. The molecule has 0 radical (unpaired) electrons. The van der Waals surface area contributed by atoms with Crippen molar-refractivity contribution in [2.24, 2.45) is 10.8 Å². The van der Waals surface area contributed by atoms with Gasteiger partial charge in [-0.1, -0.05) is 107 Å². The molecule has 0 saturated carbocycles. The van der Waals surface area contributed by atoms with Gasteiger partial charge < -0.3 is 4.40 Å². The predicted octanol–water partition coefficient (Wildman–Crippen LogP) is 12.5. The van der Waals surface area contributed by atoms with E-state index in [0.717, 1.165) is 23.9 Å². The number of aromatic nitrogens is 2. The molecule has 0 aliphatic heterocycles. The zero-order valence-electron chi connectivity index (χ0n) is 29.2. The van der Waals surface area contributed by atoms with Crippen LogP contribution in [0.3, 0.4) is 0 Å². The summed E-state index contributed by atoms with van der Waals surface area (Å²) in [5.74, 6) is 1.28. The number of pyridine rings is 1. The number of halogens is 1. The summed E-state index contributed by atoms with van der Waals surface area (Å²) in [5, 5.41) is 3.62. The summed E-state index contributed by atoms with van der Waals surface area (Å²) in [6, 6.07) is 19.9. The Morgan fingerprint density at radius 1 is 0.773 bits per heavy atom. The zero-order chi connectivity index (χ0) is 32.7. The molecule has 0 aliphatic carbocycles. The maximum absolute atomic E-state index is 5.15. The average Bonchev–Trinajstić information content (AvgIpc) is 3.37. The first-order chi connectivity index (χ1) is 20.6. The SMILES string of the molecule is CC(C)c1cc(C(C)C)c(-c2cnc3c4[c-]cccc4c4cc(CC(C)(C)C)c(CC(C)(C)C)cc4n23)c(C(C)C)c1.[Zn+][Br]. The Labute approximate surface area is 283 Å². The maximum atomic E-state index is 5.15. The molecule has 0 fully saturated rings. The molecule has 0 unspecified atom stereocenters. The fraction of sp³-hybridized carbons (Fsp3) is 0.475. The summed E-state index contributed by atoms with van der Waals surface area (Å²) < 4.78 is 2.46.